The molecule has 1 aliphatic rings. The topological polar surface area (TPSA) is 86.5 Å². The molecular formula is C18H23N3O4. The number of carbonyl (C=O) groups excluding carboxylic acids is 1. The van der Waals surface area contributed by atoms with E-state index in [1.165, 1.54) is 6.42 Å². The van der Waals surface area contributed by atoms with Gasteiger partial charge in [-0.3, -0.25) is 4.79 Å². The van der Waals surface area contributed by atoms with E-state index >= 15 is 0 Å². The summed E-state index contributed by atoms with van der Waals surface area (Å²) in [6.07, 6.45) is 1.97. The Hall–Kier alpha value is -2.57. The number of hydrogen-bond acceptors (Lipinski definition) is 6. The highest BCUT2D eigenvalue weighted by Gasteiger charge is 2.32. The van der Waals surface area contributed by atoms with Crippen LogP contribution in [0.4, 0.5) is 0 Å². The molecule has 2 aromatic rings. The van der Waals surface area contributed by atoms with Crippen LogP contribution in [0.5, 0.6) is 11.5 Å². The Morgan fingerprint density at radius 3 is 2.76 bits per heavy atom. The van der Waals surface area contributed by atoms with Crippen molar-refractivity contribution in [1.82, 2.24) is 15.5 Å². The predicted molar refractivity (Wildman–Crippen MR) is 91.4 cm³/mol. The van der Waals surface area contributed by atoms with Gasteiger partial charge in [0.15, 0.2) is 11.5 Å². The summed E-state index contributed by atoms with van der Waals surface area (Å²) in [5, 5.41) is 6.93. The van der Waals surface area contributed by atoms with Crippen LogP contribution in [0, 0.1) is 11.8 Å². The van der Waals surface area contributed by atoms with Crippen LogP contribution in [0.1, 0.15) is 25.7 Å². The van der Waals surface area contributed by atoms with Gasteiger partial charge >= 0.3 is 0 Å². The molecule has 3 rings (SSSR count). The molecule has 2 atom stereocenters. The zero-order valence-electron chi connectivity index (χ0n) is 14.7. The van der Waals surface area contributed by atoms with Crippen molar-refractivity contribution in [2.45, 2.75) is 26.2 Å². The lowest BCUT2D eigenvalue weighted by atomic mass is 10.2. The molecule has 7 heteroatoms. The van der Waals surface area contributed by atoms with E-state index in [2.05, 4.69) is 22.4 Å². The quantitative estimate of drug-likeness (QED) is 0.791. The molecule has 1 heterocycles. The van der Waals surface area contributed by atoms with Gasteiger partial charge in [-0.05, 0) is 36.5 Å². The number of nitrogens with one attached hydrogen (secondary N) is 1. The maximum atomic E-state index is 11.9. The van der Waals surface area contributed by atoms with Crippen molar-refractivity contribution in [1.29, 1.82) is 0 Å². The SMILES string of the molecule is COc1ccc(-c2noc(CCC(=O)NC[C@H]3C[C@@H]3C)n2)cc1OC. The van der Waals surface area contributed by atoms with Gasteiger partial charge in [-0.2, -0.15) is 4.98 Å². The van der Waals surface area contributed by atoms with E-state index in [4.69, 9.17) is 14.0 Å². The first-order valence-electron chi connectivity index (χ1n) is 8.42. The average molecular weight is 345 g/mol. The molecule has 1 amide bonds. The normalized spacial score (nSPS) is 18.7. The number of methoxy groups -OCH3 is 2. The zero-order valence-corrected chi connectivity index (χ0v) is 14.7. The molecule has 1 fully saturated rings. The number of benzene rings is 1. The number of amides is 1. The highest BCUT2D eigenvalue weighted by atomic mass is 16.5. The summed E-state index contributed by atoms with van der Waals surface area (Å²) < 4.78 is 15.7. The molecule has 1 aliphatic carbocycles. The third kappa shape index (κ3) is 4.29. The zero-order chi connectivity index (χ0) is 17.8. The number of nitrogens with zero attached hydrogens (tertiary/aromatic N) is 2. The van der Waals surface area contributed by atoms with Gasteiger partial charge in [0.25, 0.3) is 0 Å². The number of carbonyl (C=O) groups is 1. The van der Waals surface area contributed by atoms with Crippen LogP contribution < -0.4 is 14.8 Å². The number of rotatable bonds is 8. The summed E-state index contributed by atoms with van der Waals surface area (Å²) in [7, 11) is 3.16. The Morgan fingerprint density at radius 1 is 1.32 bits per heavy atom. The molecule has 0 unspecified atom stereocenters. The fourth-order valence-corrected chi connectivity index (χ4v) is 2.69. The number of hydrogen-bond donors (Lipinski definition) is 1. The lowest BCUT2D eigenvalue weighted by Crippen LogP contribution is -2.26. The molecule has 1 saturated carbocycles. The number of aromatic nitrogens is 2. The van der Waals surface area contributed by atoms with Gasteiger partial charge in [0.1, 0.15) is 0 Å². The lowest BCUT2D eigenvalue weighted by molar-refractivity contribution is -0.121. The van der Waals surface area contributed by atoms with E-state index in [-0.39, 0.29) is 5.91 Å². The van der Waals surface area contributed by atoms with Crippen LogP contribution in [0.15, 0.2) is 22.7 Å². The largest absolute Gasteiger partial charge is 0.493 e. The van der Waals surface area contributed by atoms with Gasteiger partial charge in [0.05, 0.1) is 14.2 Å². The fraction of sp³-hybridized carbons (Fsp3) is 0.500. The van der Waals surface area contributed by atoms with Crippen molar-refractivity contribution in [3.05, 3.63) is 24.1 Å². The Kier molecular flexibility index (Phi) is 5.21. The van der Waals surface area contributed by atoms with Crippen LogP contribution in [0.25, 0.3) is 11.4 Å². The molecule has 134 valence electrons. The van der Waals surface area contributed by atoms with Crippen LogP contribution in [-0.2, 0) is 11.2 Å². The summed E-state index contributed by atoms with van der Waals surface area (Å²) in [6, 6.07) is 5.41. The maximum absolute atomic E-state index is 11.9. The highest BCUT2D eigenvalue weighted by molar-refractivity contribution is 5.76. The molecule has 0 aliphatic heterocycles. The molecule has 0 saturated heterocycles. The van der Waals surface area contributed by atoms with Gasteiger partial charge in [-0.15, -0.1) is 0 Å². The molecule has 0 bridgehead atoms. The maximum Gasteiger partial charge on any atom is 0.227 e. The van der Waals surface area contributed by atoms with Crippen molar-refractivity contribution in [2.75, 3.05) is 20.8 Å². The van der Waals surface area contributed by atoms with E-state index in [0.29, 0.717) is 42.0 Å². The molecule has 1 N–H and O–H groups in total. The van der Waals surface area contributed by atoms with Crippen molar-refractivity contribution in [2.24, 2.45) is 11.8 Å². The first-order valence-corrected chi connectivity index (χ1v) is 8.42. The minimum Gasteiger partial charge on any atom is -0.493 e. The highest BCUT2D eigenvalue weighted by Crippen LogP contribution is 2.36. The molecule has 1 aromatic carbocycles. The molecular weight excluding hydrogens is 322 g/mol. The Morgan fingerprint density at radius 2 is 2.08 bits per heavy atom. The van der Waals surface area contributed by atoms with E-state index in [1.807, 2.05) is 6.07 Å². The molecule has 25 heavy (non-hydrogen) atoms. The average Bonchev–Trinajstić information content (AvgIpc) is 3.14. The van der Waals surface area contributed by atoms with Crippen LogP contribution in [-0.4, -0.2) is 36.8 Å². The van der Waals surface area contributed by atoms with E-state index in [1.54, 1.807) is 26.4 Å². The second kappa shape index (κ2) is 7.55. The van der Waals surface area contributed by atoms with E-state index in [0.717, 1.165) is 18.0 Å². The summed E-state index contributed by atoms with van der Waals surface area (Å²) >= 11 is 0. The van der Waals surface area contributed by atoms with Crippen molar-refractivity contribution in [3.63, 3.8) is 0 Å². The molecule has 7 nitrogen and oxygen atoms in total. The molecule has 0 spiro atoms. The molecule has 1 aromatic heterocycles. The minimum atomic E-state index is 0.0185. The van der Waals surface area contributed by atoms with E-state index in [9.17, 15) is 4.79 Å². The first kappa shape index (κ1) is 17.3. The Labute approximate surface area is 146 Å². The lowest BCUT2D eigenvalue weighted by Gasteiger charge is -2.07. The second-order valence-corrected chi connectivity index (χ2v) is 6.36. The van der Waals surface area contributed by atoms with Gasteiger partial charge < -0.3 is 19.3 Å². The third-order valence-electron chi connectivity index (χ3n) is 4.51. The summed E-state index contributed by atoms with van der Waals surface area (Å²) in [5.41, 5.74) is 0.764. The van der Waals surface area contributed by atoms with E-state index < -0.39 is 0 Å². The minimum absolute atomic E-state index is 0.0185. The predicted octanol–water partition coefficient (Wildman–Crippen LogP) is 2.46. The fourth-order valence-electron chi connectivity index (χ4n) is 2.69. The Bertz CT molecular complexity index is 744. The van der Waals surface area contributed by atoms with Crippen molar-refractivity contribution >= 4 is 5.91 Å². The van der Waals surface area contributed by atoms with Crippen molar-refractivity contribution in [3.8, 4) is 22.9 Å². The second-order valence-electron chi connectivity index (χ2n) is 6.36. The number of ether oxygens (including phenoxy) is 2. The first-order chi connectivity index (χ1) is 12.1. The number of aryl methyl sites for hydroxylation is 1. The standard InChI is InChI=1S/C18H23N3O4/c1-11-8-13(11)10-19-16(22)6-7-17-20-18(21-25-17)12-4-5-14(23-2)15(9-12)24-3/h4-5,9,11,13H,6-8,10H2,1-3H3,(H,19,22)/t11-,13+/m0/s1. The summed E-state index contributed by atoms with van der Waals surface area (Å²) in [4.78, 5) is 16.2. The van der Waals surface area contributed by atoms with Crippen LogP contribution in [0.3, 0.4) is 0 Å². The summed E-state index contributed by atoms with van der Waals surface area (Å²) in [6.45, 7) is 2.96. The Balaban J connectivity index is 1.56. The summed E-state index contributed by atoms with van der Waals surface area (Å²) in [5.74, 6) is 3.54. The third-order valence-corrected chi connectivity index (χ3v) is 4.51. The van der Waals surface area contributed by atoms with Crippen molar-refractivity contribution < 1.29 is 18.8 Å². The monoisotopic (exact) mass is 345 g/mol. The van der Waals surface area contributed by atoms with Gasteiger partial charge in [-0.1, -0.05) is 12.1 Å². The van der Waals surface area contributed by atoms with Crippen LogP contribution >= 0.6 is 0 Å². The van der Waals surface area contributed by atoms with Gasteiger partial charge in [-0.25, -0.2) is 0 Å². The van der Waals surface area contributed by atoms with Gasteiger partial charge in [0.2, 0.25) is 17.6 Å². The smallest absolute Gasteiger partial charge is 0.227 e. The molecule has 0 radical (unpaired) electrons. The van der Waals surface area contributed by atoms with Crippen LogP contribution in [0.2, 0.25) is 0 Å². The van der Waals surface area contributed by atoms with Gasteiger partial charge in [0, 0.05) is 24.9 Å².